The predicted molar refractivity (Wildman–Crippen MR) is 79.6 cm³/mol. The fourth-order valence-electron chi connectivity index (χ4n) is 2.19. The summed E-state index contributed by atoms with van der Waals surface area (Å²) in [6, 6.07) is 7.92. The molecular formula is C15H21BN2O2. The number of benzene rings is 1. The van der Waals surface area contributed by atoms with Crippen LogP contribution in [0.25, 0.3) is 0 Å². The van der Waals surface area contributed by atoms with Crippen molar-refractivity contribution in [3.63, 3.8) is 0 Å². The van der Waals surface area contributed by atoms with Crippen molar-refractivity contribution in [1.82, 2.24) is 5.32 Å². The number of nitrogens with zero attached hydrogens (tertiary/aromatic N) is 1. The molecule has 1 fully saturated rings. The van der Waals surface area contributed by atoms with Gasteiger partial charge >= 0.3 is 7.12 Å². The zero-order valence-corrected chi connectivity index (χ0v) is 12.8. The van der Waals surface area contributed by atoms with E-state index < -0.39 is 0 Å². The van der Waals surface area contributed by atoms with Gasteiger partial charge in [-0.25, -0.2) is 0 Å². The van der Waals surface area contributed by atoms with E-state index in [4.69, 9.17) is 14.6 Å². The van der Waals surface area contributed by atoms with Crippen LogP contribution in [0.3, 0.4) is 0 Å². The van der Waals surface area contributed by atoms with Gasteiger partial charge in [0.25, 0.3) is 0 Å². The molecule has 5 heteroatoms. The lowest BCUT2D eigenvalue weighted by atomic mass is 9.77. The highest BCUT2D eigenvalue weighted by Crippen LogP contribution is 2.36. The Kier molecular flexibility index (Phi) is 3.92. The quantitative estimate of drug-likeness (QED) is 0.849. The molecule has 0 atom stereocenters. The molecule has 0 saturated carbocycles. The minimum Gasteiger partial charge on any atom is -0.399 e. The molecule has 0 unspecified atom stereocenters. The smallest absolute Gasteiger partial charge is 0.399 e. The Bertz CT molecular complexity index is 533. The summed E-state index contributed by atoms with van der Waals surface area (Å²) in [6.45, 7) is 8.78. The van der Waals surface area contributed by atoms with Gasteiger partial charge in [-0.2, -0.15) is 5.26 Å². The molecule has 0 amide bonds. The van der Waals surface area contributed by atoms with Crippen molar-refractivity contribution in [3.05, 3.63) is 29.3 Å². The monoisotopic (exact) mass is 272 g/mol. The summed E-state index contributed by atoms with van der Waals surface area (Å²) in [5.41, 5.74) is 1.89. The van der Waals surface area contributed by atoms with Crippen LogP contribution >= 0.6 is 0 Å². The Labute approximate surface area is 121 Å². The summed E-state index contributed by atoms with van der Waals surface area (Å²) >= 11 is 0. The molecule has 0 aromatic heterocycles. The molecule has 1 saturated heterocycles. The van der Waals surface area contributed by atoms with Gasteiger partial charge in [-0.1, -0.05) is 12.1 Å². The van der Waals surface area contributed by atoms with Crippen LogP contribution in [0.5, 0.6) is 0 Å². The zero-order valence-electron chi connectivity index (χ0n) is 12.8. The van der Waals surface area contributed by atoms with E-state index in [-0.39, 0.29) is 18.3 Å². The third-order valence-corrected chi connectivity index (χ3v) is 4.14. The molecule has 4 nitrogen and oxygen atoms in total. The van der Waals surface area contributed by atoms with Crippen LogP contribution < -0.4 is 10.8 Å². The molecule has 0 spiro atoms. The van der Waals surface area contributed by atoms with E-state index >= 15 is 0 Å². The summed E-state index contributed by atoms with van der Waals surface area (Å²) in [6.07, 6.45) is 0. The molecule has 0 aliphatic carbocycles. The number of hydrogen-bond donors (Lipinski definition) is 1. The van der Waals surface area contributed by atoms with Crippen molar-refractivity contribution in [2.24, 2.45) is 0 Å². The summed E-state index contributed by atoms with van der Waals surface area (Å²) < 4.78 is 12.1. The van der Waals surface area contributed by atoms with Crippen molar-refractivity contribution < 1.29 is 9.31 Å². The van der Waals surface area contributed by atoms with Gasteiger partial charge in [-0.15, -0.1) is 0 Å². The predicted octanol–water partition coefficient (Wildman–Crippen LogP) is 1.58. The lowest BCUT2D eigenvalue weighted by Gasteiger charge is -2.32. The topological polar surface area (TPSA) is 54.3 Å². The lowest BCUT2D eigenvalue weighted by molar-refractivity contribution is 0.00578. The van der Waals surface area contributed by atoms with Gasteiger partial charge in [0.15, 0.2) is 0 Å². The molecule has 20 heavy (non-hydrogen) atoms. The highest BCUT2D eigenvalue weighted by molar-refractivity contribution is 6.62. The SMILES string of the molecule is CNCc1cc(B2OC(C)(C)C(C)(C)O2)ccc1C#N. The van der Waals surface area contributed by atoms with Crippen LogP contribution in [0, 0.1) is 11.3 Å². The van der Waals surface area contributed by atoms with Crippen LogP contribution in [0.15, 0.2) is 18.2 Å². The highest BCUT2D eigenvalue weighted by atomic mass is 16.7. The van der Waals surface area contributed by atoms with E-state index in [1.807, 2.05) is 52.9 Å². The van der Waals surface area contributed by atoms with E-state index in [0.717, 1.165) is 11.0 Å². The van der Waals surface area contributed by atoms with E-state index in [0.29, 0.717) is 12.1 Å². The average Bonchev–Trinajstić information content (AvgIpc) is 2.59. The van der Waals surface area contributed by atoms with Gasteiger partial charge < -0.3 is 14.6 Å². The molecule has 1 heterocycles. The first-order valence-corrected chi connectivity index (χ1v) is 6.84. The molecule has 1 aliphatic heterocycles. The molecule has 0 radical (unpaired) electrons. The van der Waals surface area contributed by atoms with E-state index in [1.54, 1.807) is 0 Å². The first kappa shape index (κ1) is 15.1. The van der Waals surface area contributed by atoms with Gasteiger partial charge in [-0.05, 0) is 51.8 Å². The summed E-state index contributed by atoms with van der Waals surface area (Å²) in [7, 11) is 1.48. The molecule has 106 valence electrons. The second-order valence-corrected chi connectivity index (χ2v) is 6.15. The second-order valence-electron chi connectivity index (χ2n) is 6.15. The maximum atomic E-state index is 9.13. The zero-order chi connectivity index (χ0) is 15.0. The number of rotatable bonds is 3. The molecule has 0 bridgehead atoms. The van der Waals surface area contributed by atoms with Gasteiger partial charge in [0, 0.05) is 6.54 Å². The fourth-order valence-corrected chi connectivity index (χ4v) is 2.19. The van der Waals surface area contributed by atoms with Crippen LogP contribution in [-0.2, 0) is 15.9 Å². The molecule has 1 aromatic carbocycles. The number of nitriles is 1. The van der Waals surface area contributed by atoms with Crippen molar-refractivity contribution in [2.75, 3.05) is 7.05 Å². The average molecular weight is 272 g/mol. The van der Waals surface area contributed by atoms with Gasteiger partial charge in [0.1, 0.15) is 0 Å². The van der Waals surface area contributed by atoms with E-state index in [2.05, 4.69) is 11.4 Å². The Morgan fingerprint density at radius 1 is 1.20 bits per heavy atom. The van der Waals surface area contributed by atoms with Crippen molar-refractivity contribution in [3.8, 4) is 6.07 Å². The van der Waals surface area contributed by atoms with Crippen molar-refractivity contribution in [1.29, 1.82) is 5.26 Å². The van der Waals surface area contributed by atoms with E-state index in [9.17, 15) is 0 Å². The van der Waals surface area contributed by atoms with Crippen molar-refractivity contribution in [2.45, 2.75) is 45.4 Å². The molecule has 1 aromatic rings. The maximum Gasteiger partial charge on any atom is 0.494 e. The van der Waals surface area contributed by atoms with Crippen LogP contribution in [-0.4, -0.2) is 25.4 Å². The summed E-state index contributed by atoms with van der Waals surface area (Å²) in [4.78, 5) is 0. The normalized spacial score (nSPS) is 19.9. The minimum absolute atomic E-state index is 0.352. The van der Waals surface area contributed by atoms with Crippen LogP contribution in [0.1, 0.15) is 38.8 Å². The Hall–Kier alpha value is -1.35. The molecule has 1 N–H and O–H groups in total. The summed E-state index contributed by atoms with van der Waals surface area (Å²) in [5.74, 6) is 0. The standard InChI is InChI=1S/C15H21BN2O2/c1-14(2)15(3,4)20-16(19-14)13-7-6-11(9-17)12(8-13)10-18-5/h6-8,18H,10H2,1-5H3. The number of nitrogens with one attached hydrogen (secondary N) is 1. The molecule has 1 aliphatic rings. The van der Waals surface area contributed by atoms with Crippen LogP contribution in [0.4, 0.5) is 0 Å². The van der Waals surface area contributed by atoms with Crippen LogP contribution in [0.2, 0.25) is 0 Å². The third kappa shape index (κ3) is 2.60. The first-order chi connectivity index (χ1) is 9.30. The Morgan fingerprint density at radius 2 is 1.80 bits per heavy atom. The second kappa shape index (κ2) is 5.21. The highest BCUT2D eigenvalue weighted by Gasteiger charge is 2.51. The first-order valence-electron chi connectivity index (χ1n) is 6.84. The van der Waals surface area contributed by atoms with Crippen molar-refractivity contribution >= 4 is 12.6 Å². The number of hydrogen-bond acceptors (Lipinski definition) is 4. The van der Waals surface area contributed by atoms with Gasteiger partial charge in [0.2, 0.25) is 0 Å². The Balaban J connectivity index is 2.32. The minimum atomic E-state index is -0.386. The molecule has 2 rings (SSSR count). The van der Waals surface area contributed by atoms with Gasteiger partial charge in [0.05, 0.1) is 22.8 Å². The molecular weight excluding hydrogens is 251 g/mol. The third-order valence-electron chi connectivity index (χ3n) is 4.14. The maximum absolute atomic E-state index is 9.13. The van der Waals surface area contributed by atoms with E-state index in [1.165, 1.54) is 0 Å². The van der Waals surface area contributed by atoms with Gasteiger partial charge in [-0.3, -0.25) is 0 Å². The Morgan fingerprint density at radius 3 is 2.30 bits per heavy atom. The summed E-state index contributed by atoms with van der Waals surface area (Å²) in [5, 5.41) is 12.2. The fraction of sp³-hybridized carbons (Fsp3) is 0.533. The largest absolute Gasteiger partial charge is 0.494 e. The lowest BCUT2D eigenvalue weighted by Crippen LogP contribution is -2.41.